The average Bonchev–Trinajstić information content (AvgIpc) is 2.46. The van der Waals surface area contributed by atoms with Gasteiger partial charge in [-0.25, -0.2) is 0 Å². The molecule has 0 radical (unpaired) electrons. The van der Waals surface area contributed by atoms with Crippen molar-refractivity contribution in [3.8, 4) is 6.07 Å². The minimum absolute atomic E-state index is 0.252. The lowest BCUT2D eigenvalue weighted by Gasteiger charge is -2.28. The molecule has 0 heterocycles. The maximum atomic E-state index is 14.5. The predicted molar refractivity (Wildman–Crippen MR) is 89.8 cm³/mol. The summed E-state index contributed by atoms with van der Waals surface area (Å²) >= 11 is -1.47. The molecule has 1 aromatic rings. The third-order valence-corrected chi connectivity index (χ3v) is 4.94. The highest BCUT2D eigenvalue weighted by Crippen LogP contribution is 2.44. The van der Waals surface area contributed by atoms with Gasteiger partial charge in [0.2, 0.25) is 0 Å². The number of rotatable bonds is 4. The monoisotopic (exact) mass is 340 g/mol. The minimum atomic E-state index is -3.30. The maximum Gasteiger partial charge on any atom is 0.291 e. The Hall–Kier alpha value is -1.45. The smallest absolute Gasteiger partial charge is 0.291 e. The van der Waals surface area contributed by atoms with Crippen LogP contribution in [0.3, 0.4) is 0 Å². The molecular formula is C17H22F2N2OS. The van der Waals surface area contributed by atoms with E-state index in [1.165, 1.54) is 32.0 Å². The van der Waals surface area contributed by atoms with E-state index in [1.807, 2.05) is 0 Å². The summed E-state index contributed by atoms with van der Waals surface area (Å²) < 4.78 is 44.7. The van der Waals surface area contributed by atoms with E-state index >= 15 is 0 Å². The molecule has 0 aliphatic rings. The molecular weight excluding hydrogens is 318 g/mol. The highest BCUT2D eigenvalue weighted by molar-refractivity contribution is 7.91. The molecule has 0 aromatic heterocycles. The molecule has 1 rings (SSSR count). The van der Waals surface area contributed by atoms with Gasteiger partial charge in [-0.05, 0) is 47.6 Å². The second-order valence-corrected chi connectivity index (χ2v) is 8.84. The number of nitrogens with zero attached hydrogens (tertiary/aromatic N) is 2. The van der Waals surface area contributed by atoms with Gasteiger partial charge in [0.05, 0.1) is 11.8 Å². The molecule has 0 bridgehead atoms. The van der Waals surface area contributed by atoms with Gasteiger partial charge in [0.15, 0.2) is 0 Å². The topological polar surface area (TPSA) is 59.2 Å². The van der Waals surface area contributed by atoms with E-state index in [0.29, 0.717) is 11.3 Å². The van der Waals surface area contributed by atoms with Gasteiger partial charge in [-0.15, -0.1) is 0 Å². The number of alkyl halides is 2. The first-order valence-corrected chi connectivity index (χ1v) is 8.31. The van der Waals surface area contributed by atoms with Crippen molar-refractivity contribution in [3.05, 3.63) is 35.4 Å². The molecule has 1 unspecified atom stereocenters. The van der Waals surface area contributed by atoms with Crippen molar-refractivity contribution in [2.75, 3.05) is 0 Å². The van der Waals surface area contributed by atoms with Gasteiger partial charge in [-0.1, -0.05) is 22.6 Å². The Kier molecular flexibility index (Phi) is 5.61. The highest BCUT2D eigenvalue weighted by Gasteiger charge is 2.48. The fraction of sp³-hybridized carbons (Fsp3) is 0.529. The van der Waals surface area contributed by atoms with E-state index in [1.54, 1.807) is 39.8 Å². The summed E-state index contributed by atoms with van der Waals surface area (Å²) in [4.78, 5) is 0. The van der Waals surface area contributed by atoms with Crippen LogP contribution in [0.5, 0.6) is 0 Å². The third-order valence-electron chi connectivity index (χ3n) is 3.45. The zero-order chi connectivity index (χ0) is 18.1. The zero-order valence-corrected chi connectivity index (χ0v) is 15.1. The molecule has 23 heavy (non-hydrogen) atoms. The molecule has 126 valence electrons. The lowest BCUT2D eigenvalue weighted by Crippen LogP contribution is -2.32. The quantitative estimate of drug-likeness (QED) is 0.594. The van der Waals surface area contributed by atoms with Gasteiger partial charge in [0, 0.05) is 11.1 Å². The number of hydrogen-bond donors (Lipinski definition) is 0. The van der Waals surface area contributed by atoms with E-state index in [0.717, 1.165) is 0 Å². The molecule has 0 aliphatic carbocycles. The van der Waals surface area contributed by atoms with Crippen LogP contribution in [-0.4, -0.2) is 15.0 Å². The molecule has 0 fully saturated rings. The van der Waals surface area contributed by atoms with Crippen LogP contribution in [-0.2, 0) is 17.3 Å². The highest BCUT2D eigenvalue weighted by atomic mass is 32.2. The largest absolute Gasteiger partial charge is 0.591 e. The molecule has 1 aromatic carbocycles. The lowest BCUT2D eigenvalue weighted by atomic mass is 9.82. The van der Waals surface area contributed by atoms with Crippen LogP contribution in [0.4, 0.5) is 8.78 Å². The van der Waals surface area contributed by atoms with Crippen LogP contribution < -0.4 is 0 Å². The standard InChI is InChI=1S/C17H22F2N2OS/c1-12(21-23(22)15(2,3)4)13-8-7-9-14(10-13)17(18,19)16(5,6)11-20/h7-10H,1-6H3. The second-order valence-electron chi connectivity index (χ2n) is 6.93. The molecule has 6 heteroatoms. The van der Waals surface area contributed by atoms with Crippen LogP contribution in [0.1, 0.15) is 52.7 Å². The Morgan fingerprint density at radius 2 is 1.78 bits per heavy atom. The molecule has 1 atom stereocenters. The van der Waals surface area contributed by atoms with Crippen LogP contribution in [0, 0.1) is 16.7 Å². The Balaban J connectivity index is 3.26. The van der Waals surface area contributed by atoms with Crippen molar-refractivity contribution in [3.63, 3.8) is 0 Å². The summed E-state index contributed by atoms with van der Waals surface area (Å²) in [5.41, 5.74) is -1.19. The fourth-order valence-electron chi connectivity index (χ4n) is 1.68. The molecule has 0 saturated carbocycles. The van der Waals surface area contributed by atoms with E-state index in [4.69, 9.17) is 5.26 Å². The number of hydrogen-bond acceptors (Lipinski definition) is 3. The van der Waals surface area contributed by atoms with E-state index < -0.39 is 27.4 Å². The van der Waals surface area contributed by atoms with Crippen molar-refractivity contribution in [2.24, 2.45) is 9.81 Å². The summed E-state index contributed by atoms with van der Waals surface area (Å²) in [7, 11) is 0. The average molecular weight is 340 g/mol. The predicted octanol–water partition coefficient (Wildman–Crippen LogP) is 4.60. The first kappa shape index (κ1) is 19.6. The molecule has 0 saturated heterocycles. The van der Waals surface area contributed by atoms with Gasteiger partial charge in [0.25, 0.3) is 5.92 Å². The fourth-order valence-corrected chi connectivity index (χ4v) is 2.31. The first-order valence-electron chi connectivity index (χ1n) is 7.20. The van der Waals surface area contributed by atoms with Crippen LogP contribution in [0.25, 0.3) is 0 Å². The Bertz CT molecular complexity index is 643. The zero-order valence-electron chi connectivity index (χ0n) is 14.3. The molecule has 0 aliphatic heterocycles. The van der Waals surface area contributed by atoms with Crippen LogP contribution in [0.2, 0.25) is 0 Å². The van der Waals surface area contributed by atoms with Crippen LogP contribution in [0.15, 0.2) is 28.7 Å². The van der Waals surface area contributed by atoms with Gasteiger partial charge >= 0.3 is 0 Å². The molecule has 0 spiro atoms. The summed E-state index contributed by atoms with van der Waals surface area (Å²) in [6, 6.07) is 7.37. The molecule has 3 nitrogen and oxygen atoms in total. The van der Waals surface area contributed by atoms with Gasteiger partial charge in [-0.3, -0.25) is 0 Å². The van der Waals surface area contributed by atoms with Crippen molar-refractivity contribution in [2.45, 2.75) is 52.2 Å². The minimum Gasteiger partial charge on any atom is -0.591 e. The SMILES string of the molecule is CC(=N[S+]([O-])C(C)(C)C)c1cccc(C(F)(F)C(C)(C)C#N)c1. The van der Waals surface area contributed by atoms with Crippen LogP contribution >= 0.6 is 0 Å². The summed E-state index contributed by atoms with van der Waals surface area (Å²) in [5.74, 6) is -3.30. The number of halogens is 2. The Morgan fingerprint density at radius 1 is 1.22 bits per heavy atom. The first-order chi connectivity index (χ1) is 10.3. The van der Waals surface area contributed by atoms with Crippen molar-refractivity contribution in [1.29, 1.82) is 5.26 Å². The summed E-state index contributed by atoms with van der Waals surface area (Å²) in [5, 5.41) is 8.98. The normalized spacial score (nSPS) is 15.2. The maximum absolute atomic E-state index is 14.5. The number of benzene rings is 1. The van der Waals surface area contributed by atoms with E-state index in [9.17, 15) is 13.3 Å². The van der Waals surface area contributed by atoms with E-state index in [-0.39, 0.29) is 5.56 Å². The summed E-state index contributed by atoms with van der Waals surface area (Å²) in [6.07, 6.45) is 0. The van der Waals surface area contributed by atoms with Gasteiger partial charge in [0.1, 0.15) is 21.5 Å². The molecule has 0 amide bonds. The van der Waals surface area contributed by atoms with Gasteiger partial charge in [-0.2, -0.15) is 14.0 Å². The van der Waals surface area contributed by atoms with Crippen molar-refractivity contribution < 1.29 is 13.3 Å². The lowest BCUT2D eigenvalue weighted by molar-refractivity contribution is -0.0853. The second kappa shape index (κ2) is 6.58. The van der Waals surface area contributed by atoms with E-state index in [2.05, 4.69) is 4.40 Å². The van der Waals surface area contributed by atoms with Crippen molar-refractivity contribution in [1.82, 2.24) is 0 Å². The van der Waals surface area contributed by atoms with Gasteiger partial charge < -0.3 is 4.55 Å². The summed E-state index contributed by atoms with van der Waals surface area (Å²) in [6.45, 7) is 9.42. The third kappa shape index (κ3) is 4.30. The Labute approximate surface area is 139 Å². The van der Waals surface area contributed by atoms with Crippen molar-refractivity contribution >= 4 is 17.1 Å². The molecule has 0 N–H and O–H groups in total. The Morgan fingerprint density at radius 3 is 2.26 bits per heavy atom. The number of nitriles is 1.